The maximum atomic E-state index is 3.51. The zero-order chi connectivity index (χ0) is 14.4. The Bertz CT molecular complexity index is 522. The summed E-state index contributed by atoms with van der Waals surface area (Å²) < 4.78 is 2.43. The second-order valence-electron chi connectivity index (χ2n) is 4.89. The van der Waals surface area contributed by atoms with Gasteiger partial charge in [-0.1, -0.05) is 47.1 Å². The molecule has 20 heavy (non-hydrogen) atoms. The van der Waals surface area contributed by atoms with E-state index in [4.69, 9.17) is 0 Å². The van der Waals surface area contributed by atoms with E-state index in [0.29, 0.717) is 5.92 Å². The standard InChI is InChI=1S/C17H19BrIN/c1-2-20-12-15(14-5-7-16(18)8-6-14)11-13-3-9-17(19)10-4-13/h3-10,15,20H,2,11-12H2,1H3. The minimum atomic E-state index is 0.517. The third kappa shape index (κ3) is 4.86. The van der Waals surface area contributed by atoms with Gasteiger partial charge < -0.3 is 5.32 Å². The molecule has 0 heterocycles. The monoisotopic (exact) mass is 443 g/mol. The molecule has 0 aliphatic rings. The van der Waals surface area contributed by atoms with Crippen LogP contribution in [0.5, 0.6) is 0 Å². The SMILES string of the molecule is CCNCC(Cc1ccc(I)cc1)c1ccc(Br)cc1. The van der Waals surface area contributed by atoms with E-state index in [-0.39, 0.29) is 0 Å². The highest BCUT2D eigenvalue weighted by Crippen LogP contribution is 2.23. The van der Waals surface area contributed by atoms with Crippen LogP contribution in [-0.2, 0) is 6.42 Å². The lowest BCUT2D eigenvalue weighted by molar-refractivity contribution is 0.595. The first-order valence-electron chi connectivity index (χ1n) is 6.89. The van der Waals surface area contributed by atoms with Gasteiger partial charge >= 0.3 is 0 Å². The molecule has 0 spiro atoms. The minimum absolute atomic E-state index is 0.517. The number of nitrogens with one attached hydrogen (secondary N) is 1. The van der Waals surface area contributed by atoms with E-state index in [9.17, 15) is 0 Å². The highest BCUT2D eigenvalue weighted by atomic mass is 127. The third-order valence-corrected chi connectivity index (χ3v) is 4.63. The molecule has 2 rings (SSSR count). The van der Waals surface area contributed by atoms with Gasteiger partial charge in [-0.3, -0.25) is 0 Å². The van der Waals surface area contributed by atoms with Crippen LogP contribution in [0.15, 0.2) is 53.0 Å². The Hall–Kier alpha value is -0.390. The van der Waals surface area contributed by atoms with Gasteiger partial charge in [-0.15, -0.1) is 0 Å². The quantitative estimate of drug-likeness (QED) is 0.620. The molecule has 106 valence electrons. The molecule has 1 nitrogen and oxygen atoms in total. The van der Waals surface area contributed by atoms with E-state index in [1.165, 1.54) is 14.7 Å². The van der Waals surface area contributed by atoms with Gasteiger partial charge in [0.15, 0.2) is 0 Å². The molecule has 0 saturated carbocycles. The predicted molar refractivity (Wildman–Crippen MR) is 98.3 cm³/mol. The van der Waals surface area contributed by atoms with Crippen LogP contribution < -0.4 is 5.32 Å². The summed E-state index contributed by atoms with van der Waals surface area (Å²) in [5, 5.41) is 3.48. The van der Waals surface area contributed by atoms with Crippen molar-refractivity contribution in [2.24, 2.45) is 0 Å². The minimum Gasteiger partial charge on any atom is -0.316 e. The highest BCUT2D eigenvalue weighted by Gasteiger charge is 2.12. The summed E-state index contributed by atoms with van der Waals surface area (Å²) in [4.78, 5) is 0. The Labute approximate surface area is 143 Å². The summed E-state index contributed by atoms with van der Waals surface area (Å²) in [5.74, 6) is 0.517. The molecule has 1 N–H and O–H groups in total. The van der Waals surface area contributed by atoms with Crippen LogP contribution >= 0.6 is 38.5 Å². The Morgan fingerprint density at radius 3 is 2.30 bits per heavy atom. The molecule has 0 saturated heterocycles. The average molecular weight is 444 g/mol. The number of benzene rings is 2. The Balaban J connectivity index is 2.14. The Kier molecular flexibility index (Phi) is 6.52. The van der Waals surface area contributed by atoms with Crippen molar-refractivity contribution in [1.82, 2.24) is 5.32 Å². The van der Waals surface area contributed by atoms with Crippen LogP contribution in [0, 0.1) is 3.57 Å². The fraction of sp³-hybridized carbons (Fsp3) is 0.294. The van der Waals surface area contributed by atoms with Crippen LogP contribution in [0.1, 0.15) is 24.0 Å². The van der Waals surface area contributed by atoms with Crippen LogP contribution in [0.3, 0.4) is 0 Å². The number of hydrogen-bond donors (Lipinski definition) is 1. The van der Waals surface area contributed by atoms with Crippen molar-refractivity contribution in [1.29, 1.82) is 0 Å². The van der Waals surface area contributed by atoms with Gasteiger partial charge in [-0.05, 0) is 70.9 Å². The van der Waals surface area contributed by atoms with Crippen LogP contribution in [0.4, 0.5) is 0 Å². The van der Waals surface area contributed by atoms with E-state index in [2.05, 4.69) is 99.3 Å². The molecule has 2 aromatic carbocycles. The Morgan fingerprint density at radius 2 is 1.70 bits per heavy atom. The molecule has 0 aliphatic carbocycles. The summed E-state index contributed by atoms with van der Waals surface area (Å²) >= 11 is 5.86. The van der Waals surface area contributed by atoms with E-state index in [1.807, 2.05) is 0 Å². The van der Waals surface area contributed by atoms with Gasteiger partial charge in [0.25, 0.3) is 0 Å². The maximum absolute atomic E-state index is 3.51. The number of likely N-dealkylation sites (N-methyl/N-ethyl adjacent to an activating group) is 1. The van der Waals surface area contributed by atoms with Crippen molar-refractivity contribution in [2.45, 2.75) is 19.3 Å². The molecule has 0 aliphatic heterocycles. The molecule has 0 aromatic heterocycles. The second kappa shape index (κ2) is 8.15. The van der Waals surface area contributed by atoms with Crippen LogP contribution in [-0.4, -0.2) is 13.1 Å². The zero-order valence-corrected chi connectivity index (χ0v) is 15.3. The topological polar surface area (TPSA) is 12.0 Å². The summed E-state index contributed by atoms with van der Waals surface area (Å²) in [6.45, 7) is 4.19. The van der Waals surface area contributed by atoms with Crippen LogP contribution in [0.2, 0.25) is 0 Å². The molecule has 2 aromatic rings. The molecule has 1 atom stereocenters. The predicted octanol–water partition coefficient (Wildman–Crippen LogP) is 4.99. The number of hydrogen-bond acceptors (Lipinski definition) is 1. The largest absolute Gasteiger partial charge is 0.316 e. The fourth-order valence-electron chi connectivity index (χ4n) is 2.27. The van der Waals surface area contributed by atoms with Gasteiger partial charge in [0, 0.05) is 20.5 Å². The van der Waals surface area contributed by atoms with Crippen molar-refractivity contribution in [3.8, 4) is 0 Å². The first-order valence-corrected chi connectivity index (χ1v) is 8.77. The molecule has 0 fully saturated rings. The number of halogens is 2. The van der Waals surface area contributed by atoms with Gasteiger partial charge in [0.1, 0.15) is 0 Å². The molecular formula is C17H19BrIN. The van der Waals surface area contributed by atoms with E-state index >= 15 is 0 Å². The summed E-state index contributed by atoms with van der Waals surface area (Å²) in [6.07, 6.45) is 1.07. The lowest BCUT2D eigenvalue weighted by Crippen LogP contribution is -2.22. The first-order chi connectivity index (χ1) is 9.69. The molecule has 0 amide bonds. The maximum Gasteiger partial charge on any atom is 0.0175 e. The summed E-state index contributed by atoms with van der Waals surface area (Å²) in [5.41, 5.74) is 2.80. The van der Waals surface area contributed by atoms with Gasteiger partial charge in [-0.25, -0.2) is 0 Å². The zero-order valence-electron chi connectivity index (χ0n) is 11.6. The molecule has 0 bridgehead atoms. The van der Waals surface area contributed by atoms with Crippen molar-refractivity contribution in [3.05, 3.63) is 67.7 Å². The molecule has 0 radical (unpaired) electrons. The molecule has 1 unspecified atom stereocenters. The van der Waals surface area contributed by atoms with Crippen molar-refractivity contribution >= 4 is 38.5 Å². The van der Waals surface area contributed by atoms with E-state index in [1.54, 1.807) is 0 Å². The smallest absolute Gasteiger partial charge is 0.0175 e. The summed E-state index contributed by atoms with van der Waals surface area (Å²) in [7, 11) is 0. The molecule has 3 heteroatoms. The molecular weight excluding hydrogens is 425 g/mol. The van der Waals surface area contributed by atoms with Gasteiger partial charge in [0.2, 0.25) is 0 Å². The van der Waals surface area contributed by atoms with Crippen molar-refractivity contribution < 1.29 is 0 Å². The van der Waals surface area contributed by atoms with Crippen molar-refractivity contribution in [2.75, 3.05) is 13.1 Å². The first kappa shape index (κ1) is 16.0. The normalized spacial score (nSPS) is 12.3. The van der Waals surface area contributed by atoms with Gasteiger partial charge in [0.05, 0.1) is 0 Å². The van der Waals surface area contributed by atoms with Crippen molar-refractivity contribution in [3.63, 3.8) is 0 Å². The lowest BCUT2D eigenvalue weighted by atomic mass is 9.92. The van der Waals surface area contributed by atoms with Gasteiger partial charge in [-0.2, -0.15) is 0 Å². The lowest BCUT2D eigenvalue weighted by Gasteiger charge is -2.18. The summed E-state index contributed by atoms with van der Waals surface area (Å²) in [6, 6.07) is 17.5. The highest BCUT2D eigenvalue weighted by molar-refractivity contribution is 14.1. The van der Waals surface area contributed by atoms with Crippen LogP contribution in [0.25, 0.3) is 0 Å². The average Bonchev–Trinajstić information content (AvgIpc) is 2.46. The fourth-order valence-corrected chi connectivity index (χ4v) is 2.89. The Morgan fingerprint density at radius 1 is 1.05 bits per heavy atom. The van der Waals surface area contributed by atoms with E-state index < -0.39 is 0 Å². The second-order valence-corrected chi connectivity index (χ2v) is 7.05. The number of rotatable bonds is 6. The third-order valence-electron chi connectivity index (χ3n) is 3.38. The van der Waals surface area contributed by atoms with E-state index in [0.717, 1.165) is 24.0 Å².